The number of aromatic hydroxyl groups is 2. The van der Waals surface area contributed by atoms with Crippen LogP contribution in [0.1, 0.15) is 79.2 Å². The number of benzene rings is 2. The highest BCUT2D eigenvalue weighted by Crippen LogP contribution is 2.29. The van der Waals surface area contributed by atoms with E-state index in [-0.39, 0.29) is 28.4 Å². The summed E-state index contributed by atoms with van der Waals surface area (Å²) in [6.45, 7) is 0.677. The Labute approximate surface area is 225 Å². The number of nitrogens with one attached hydrogen (secondary N) is 1. The fraction of sp³-hybridized carbons (Fsp3) is 0.444. The zero-order chi connectivity index (χ0) is 26.9. The molecule has 1 aromatic heterocycles. The van der Waals surface area contributed by atoms with E-state index in [1.165, 1.54) is 38.2 Å². The van der Waals surface area contributed by atoms with Crippen molar-refractivity contribution in [2.45, 2.75) is 70.3 Å². The molecule has 1 saturated carbocycles. The topological polar surface area (TPSA) is 191 Å². The molecule has 2 heterocycles. The highest BCUT2D eigenvalue weighted by molar-refractivity contribution is 5.94. The Kier molecular flexibility index (Phi) is 10.6. The smallest absolute Gasteiger partial charge is 0.339 e. The molecule has 0 radical (unpaired) electrons. The SMILES string of the molecule is O.O=C(O)c1cc(O)ccc1O.O=C1CCc2cc(OCCCCc3nnnn3C3CCCCC3)ccc2N1. The maximum absolute atomic E-state index is 11.4. The minimum absolute atomic E-state index is 0. The molecule has 5 rings (SSSR count). The van der Waals surface area contributed by atoms with E-state index >= 15 is 0 Å². The van der Waals surface area contributed by atoms with Crippen LogP contribution >= 0.6 is 0 Å². The van der Waals surface area contributed by atoms with Gasteiger partial charge >= 0.3 is 5.97 Å². The van der Waals surface area contributed by atoms with Crippen molar-refractivity contribution in [3.63, 3.8) is 0 Å². The number of phenols is 2. The summed E-state index contributed by atoms with van der Waals surface area (Å²) in [5, 5.41) is 41.4. The highest BCUT2D eigenvalue weighted by Gasteiger charge is 2.20. The number of tetrazole rings is 1. The summed E-state index contributed by atoms with van der Waals surface area (Å²) in [5.74, 6) is 0.170. The number of carbonyl (C=O) groups is 2. The van der Waals surface area contributed by atoms with Gasteiger partial charge in [-0.05, 0) is 84.5 Å². The summed E-state index contributed by atoms with van der Waals surface area (Å²) in [6, 6.07) is 9.70. The Hall–Kier alpha value is -4.19. The number of rotatable bonds is 8. The van der Waals surface area contributed by atoms with Crippen molar-refractivity contribution < 1.29 is 35.1 Å². The van der Waals surface area contributed by atoms with E-state index < -0.39 is 5.97 Å². The van der Waals surface area contributed by atoms with Gasteiger partial charge in [-0.25, -0.2) is 9.48 Å². The molecule has 0 unspecified atom stereocenters. The number of amides is 1. The van der Waals surface area contributed by atoms with Crippen LogP contribution < -0.4 is 10.1 Å². The molecule has 0 atom stereocenters. The average molecular weight is 542 g/mol. The number of hydrogen-bond acceptors (Lipinski definition) is 8. The van der Waals surface area contributed by atoms with Crippen LogP contribution in [0.4, 0.5) is 5.69 Å². The van der Waals surface area contributed by atoms with E-state index in [4.69, 9.17) is 20.1 Å². The lowest BCUT2D eigenvalue weighted by Crippen LogP contribution is -2.18. The van der Waals surface area contributed by atoms with Gasteiger partial charge in [0.2, 0.25) is 5.91 Å². The number of phenolic OH excluding ortho intramolecular Hbond substituents is 1. The van der Waals surface area contributed by atoms with Gasteiger partial charge in [0, 0.05) is 18.5 Å². The molecule has 1 aliphatic carbocycles. The molecule has 6 N–H and O–H groups in total. The number of ether oxygens (including phenoxy) is 1. The van der Waals surface area contributed by atoms with E-state index in [1.54, 1.807) is 0 Å². The van der Waals surface area contributed by atoms with Gasteiger partial charge in [0.1, 0.15) is 22.8 Å². The lowest BCUT2D eigenvalue weighted by molar-refractivity contribution is -0.116. The summed E-state index contributed by atoms with van der Waals surface area (Å²) in [6.07, 6.45) is 10.5. The number of carbonyl (C=O) groups excluding carboxylic acids is 1. The van der Waals surface area contributed by atoms with Crippen molar-refractivity contribution in [1.82, 2.24) is 20.2 Å². The number of carboxylic acid groups (broad SMARTS) is 1. The fourth-order valence-corrected chi connectivity index (χ4v) is 4.71. The predicted octanol–water partition coefficient (Wildman–Crippen LogP) is 3.44. The quantitative estimate of drug-likeness (QED) is 0.244. The zero-order valence-electron chi connectivity index (χ0n) is 21.7. The summed E-state index contributed by atoms with van der Waals surface area (Å²) in [7, 11) is 0. The number of nitrogens with zero attached hydrogens (tertiary/aromatic N) is 4. The largest absolute Gasteiger partial charge is 0.508 e. The van der Waals surface area contributed by atoms with Gasteiger partial charge in [0.15, 0.2) is 5.82 Å². The lowest BCUT2D eigenvalue weighted by atomic mass is 9.95. The Morgan fingerprint density at radius 2 is 1.85 bits per heavy atom. The van der Waals surface area contributed by atoms with Gasteiger partial charge in [-0.15, -0.1) is 5.10 Å². The minimum Gasteiger partial charge on any atom is -0.508 e. The van der Waals surface area contributed by atoms with Crippen molar-refractivity contribution >= 4 is 17.6 Å². The molecule has 2 aliphatic rings. The lowest BCUT2D eigenvalue weighted by Gasteiger charge is -2.22. The Bertz CT molecular complexity index is 1260. The van der Waals surface area contributed by atoms with Crippen LogP contribution in [-0.4, -0.2) is 59.5 Å². The summed E-state index contributed by atoms with van der Waals surface area (Å²) >= 11 is 0. The maximum atomic E-state index is 11.4. The van der Waals surface area contributed by atoms with Gasteiger partial charge in [-0.3, -0.25) is 4.79 Å². The van der Waals surface area contributed by atoms with Crippen molar-refractivity contribution in [3.8, 4) is 17.2 Å². The van der Waals surface area contributed by atoms with E-state index in [0.717, 1.165) is 60.6 Å². The summed E-state index contributed by atoms with van der Waals surface area (Å²) in [5.41, 5.74) is 1.76. The van der Waals surface area contributed by atoms with Crippen LogP contribution in [-0.2, 0) is 17.6 Å². The first-order valence-electron chi connectivity index (χ1n) is 13.0. The molecule has 1 amide bonds. The van der Waals surface area contributed by atoms with Crippen LogP contribution in [0.2, 0.25) is 0 Å². The van der Waals surface area contributed by atoms with E-state index in [1.807, 2.05) is 18.2 Å². The van der Waals surface area contributed by atoms with E-state index in [0.29, 0.717) is 19.1 Å². The van der Waals surface area contributed by atoms with Gasteiger partial charge in [0.05, 0.1) is 12.6 Å². The molecule has 0 bridgehead atoms. The molecule has 1 fully saturated rings. The second-order valence-corrected chi connectivity index (χ2v) is 9.51. The van der Waals surface area contributed by atoms with Gasteiger partial charge < -0.3 is 30.8 Å². The number of anilines is 1. The van der Waals surface area contributed by atoms with Crippen molar-refractivity contribution in [2.24, 2.45) is 0 Å². The molecule has 210 valence electrons. The second-order valence-electron chi connectivity index (χ2n) is 9.51. The number of unbranched alkanes of at least 4 members (excludes halogenated alkanes) is 1. The van der Waals surface area contributed by atoms with Crippen LogP contribution in [0.25, 0.3) is 0 Å². The number of fused-ring (bicyclic) bond motifs is 1. The van der Waals surface area contributed by atoms with Gasteiger partial charge in [-0.1, -0.05) is 19.3 Å². The third-order valence-electron chi connectivity index (χ3n) is 6.73. The normalized spacial score (nSPS) is 14.7. The zero-order valence-corrected chi connectivity index (χ0v) is 21.7. The molecule has 0 saturated heterocycles. The average Bonchev–Trinajstić information content (AvgIpc) is 3.39. The standard InChI is InChI=1S/C20H27N5O2.C7H6O4.H2O/c26-20-12-9-15-14-17(10-11-18(15)21-20)27-13-5-4-8-19-22-23-24-25(19)16-6-2-1-3-7-16;8-4-1-2-6(9)5(3-4)7(10)11;/h10-11,14,16H,1-9,12-13H2,(H,21,26);1-3,8-9H,(H,10,11);1H2. The molecule has 0 spiro atoms. The first-order valence-corrected chi connectivity index (χ1v) is 13.0. The van der Waals surface area contributed by atoms with Crippen LogP contribution in [0.5, 0.6) is 17.2 Å². The number of aryl methyl sites for hydroxylation is 2. The van der Waals surface area contributed by atoms with Crippen molar-refractivity contribution in [3.05, 3.63) is 53.3 Å². The molecule has 12 nitrogen and oxygen atoms in total. The molecule has 1 aliphatic heterocycles. The van der Waals surface area contributed by atoms with Crippen LogP contribution in [0, 0.1) is 0 Å². The van der Waals surface area contributed by atoms with Crippen LogP contribution in [0.3, 0.4) is 0 Å². The Balaban J connectivity index is 0.000000297. The molecule has 3 aromatic rings. The van der Waals surface area contributed by atoms with Gasteiger partial charge in [0.25, 0.3) is 0 Å². The minimum atomic E-state index is -1.27. The van der Waals surface area contributed by atoms with Gasteiger partial charge in [-0.2, -0.15) is 0 Å². The summed E-state index contributed by atoms with van der Waals surface area (Å²) in [4.78, 5) is 21.7. The third kappa shape index (κ3) is 8.14. The second kappa shape index (κ2) is 14.1. The first-order chi connectivity index (χ1) is 18.4. The molecular weight excluding hydrogens is 506 g/mol. The molecule has 39 heavy (non-hydrogen) atoms. The Morgan fingerprint density at radius 3 is 2.59 bits per heavy atom. The van der Waals surface area contributed by atoms with Crippen molar-refractivity contribution in [2.75, 3.05) is 11.9 Å². The fourth-order valence-electron chi connectivity index (χ4n) is 4.71. The number of hydrogen-bond donors (Lipinski definition) is 4. The molecule has 12 heteroatoms. The van der Waals surface area contributed by atoms with E-state index in [2.05, 4.69) is 25.5 Å². The molecule has 2 aromatic carbocycles. The highest BCUT2D eigenvalue weighted by atomic mass is 16.5. The monoisotopic (exact) mass is 541 g/mol. The molecular formula is C27H35N5O7. The maximum Gasteiger partial charge on any atom is 0.339 e. The summed E-state index contributed by atoms with van der Waals surface area (Å²) < 4.78 is 7.95. The first kappa shape index (κ1) is 29.4. The van der Waals surface area contributed by atoms with Crippen LogP contribution in [0.15, 0.2) is 36.4 Å². The Morgan fingerprint density at radius 1 is 1.05 bits per heavy atom. The predicted molar refractivity (Wildman–Crippen MR) is 142 cm³/mol. The van der Waals surface area contributed by atoms with Crippen molar-refractivity contribution in [1.29, 1.82) is 0 Å². The van der Waals surface area contributed by atoms with E-state index in [9.17, 15) is 9.59 Å². The number of carboxylic acids is 1. The third-order valence-corrected chi connectivity index (χ3v) is 6.73. The number of aromatic carboxylic acids is 1. The number of aromatic nitrogens is 4.